The molecule has 2 amide bonds. The summed E-state index contributed by atoms with van der Waals surface area (Å²) in [7, 11) is 1.59. The van der Waals surface area contributed by atoms with E-state index in [1.54, 1.807) is 12.6 Å². The molecule has 0 fully saturated rings. The standard InChI is InChI=1S/C5H12N2O4/c1-9-3-2-4-10-11-7-5(6)8/h2-4H2,1H3,(H3,6,7,8). The molecule has 0 heterocycles. The van der Waals surface area contributed by atoms with Gasteiger partial charge >= 0.3 is 6.03 Å². The van der Waals surface area contributed by atoms with E-state index in [0.29, 0.717) is 19.6 Å². The predicted molar refractivity (Wildman–Crippen MR) is 36.2 cm³/mol. The van der Waals surface area contributed by atoms with E-state index in [9.17, 15) is 4.79 Å². The first-order valence-corrected chi connectivity index (χ1v) is 3.10. The van der Waals surface area contributed by atoms with Crippen LogP contribution in [0.2, 0.25) is 0 Å². The zero-order chi connectivity index (χ0) is 8.53. The van der Waals surface area contributed by atoms with Gasteiger partial charge in [-0.05, 0) is 6.42 Å². The quantitative estimate of drug-likeness (QED) is 0.316. The van der Waals surface area contributed by atoms with Crippen molar-refractivity contribution in [2.75, 3.05) is 20.3 Å². The summed E-state index contributed by atoms with van der Waals surface area (Å²) in [5.74, 6) is 0. The smallest absolute Gasteiger partial charge is 0.338 e. The number of methoxy groups -OCH3 is 1. The number of amides is 2. The number of urea groups is 1. The summed E-state index contributed by atoms with van der Waals surface area (Å²) >= 11 is 0. The highest BCUT2D eigenvalue weighted by Gasteiger charge is 1.91. The van der Waals surface area contributed by atoms with E-state index in [0.717, 1.165) is 0 Å². The molecule has 0 radical (unpaired) electrons. The molecule has 0 spiro atoms. The van der Waals surface area contributed by atoms with E-state index in [1.165, 1.54) is 0 Å². The van der Waals surface area contributed by atoms with E-state index in [1.807, 2.05) is 0 Å². The second kappa shape index (κ2) is 7.26. The lowest BCUT2D eigenvalue weighted by atomic mass is 10.5. The summed E-state index contributed by atoms with van der Waals surface area (Å²) in [6, 6.07) is -0.795. The third kappa shape index (κ3) is 9.15. The Bertz CT molecular complexity index is 109. The predicted octanol–water partition coefficient (Wildman–Crippen LogP) is -0.446. The first kappa shape index (κ1) is 10.2. The van der Waals surface area contributed by atoms with Gasteiger partial charge in [-0.2, -0.15) is 5.48 Å². The number of primary amides is 1. The third-order valence-corrected chi connectivity index (χ3v) is 0.777. The number of ether oxygens (including phenoxy) is 1. The molecule has 11 heavy (non-hydrogen) atoms. The van der Waals surface area contributed by atoms with Crippen LogP contribution < -0.4 is 11.2 Å². The molecule has 0 aromatic rings. The van der Waals surface area contributed by atoms with Crippen LogP contribution in [0.5, 0.6) is 0 Å². The molecule has 0 saturated carbocycles. The topological polar surface area (TPSA) is 82.8 Å². The largest absolute Gasteiger partial charge is 0.385 e. The number of carbonyl (C=O) groups is 1. The fraction of sp³-hybridized carbons (Fsp3) is 0.800. The van der Waals surface area contributed by atoms with Gasteiger partial charge in [0.05, 0.1) is 6.61 Å². The van der Waals surface area contributed by atoms with Crippen LogP contribution in [0.1, 0.15) is 6.42 Å². The lowest BCUT2D eigenvalue weighted by Gasteiger charge is -2.01. The van der Waals surface area contributed by atoms with E-state index >= 15 is 0 Å². The zero-order valence-electron chi connectivity index (χ0n) is 6.33. The molecule has 0 aliphatic heterocycles. The van der Waals surface area contributed by atoms with Gasteiger partial charge in [-0.1, -0.05) is 0 Å². The summed E-state index contributed by atoms with van der Waals surface area (Å²) in [5.41, 5.74) is 6.45. The molecular formula is C5H12N2O4. The average molecular weight is 164 g/mol. The number of nitrogens with one attached hydrogen (secondary N) is 1. The van der Waals surface area contributed by atoms with Gasteiger partial charge in [0.15, 0.2) is 0 Å². The fourth-order valence-corrected chi connectivity index (χ4v) is 0.374. The third-order valence-electron chi connectivity index (χ3n) is 0.777. The first-order chi connectivity index (χ1) is 5.27. The van der Waals surface area contributed by atoms with Crippen molar-refractivity contribution in [3.8, 4) is 0 Å². The highest BCUT2D eigenvalue weighted by molar-refractivity contribution is 5.70. The molecule has 0 saturated heterocycles. The van der Waals surface area contributed by atoms with Gasteiger partial charge in [-0.25, -0.2) is 9.68 Å². The number of hydroxylamine groups is 1. The van der Waals surface area contributed by atoms with Crippen LogP contribution in [0.3, 0.4) is 0 Å². The average Bonchev–Trinajstić information content (AvgIpc) is 1.96. The van der Waals surface area contributed by atoms with Crippen LogP contribution in [0.25, 0.3) is 0 Å². The van der Waals surface area contributed by atoms with Crippen molar-refractivity contribution in [1.82, 2.24) is 5.48 Å². The number of nitrogens with two attached hydrogens (primary N) is 1. The number of hydrogen-bond acceptors (Lipinski definition) is 4. The van der Waals surface area contributed by atoms with Crippen molar-refractivity contribution in [1.29, 1.82) is 0 Å². The zero-order valence-corrected chi connectivity index (χ0v) is 6.33. The van der Waals surface area contributed by atoms with E-state index in [-0.39, 0.29) is 0 Å². The minimum absolute atomic E-state index is 0.341. The first-order valence-electron chi connectivity index (χ1n) is 3.10. The Morgan fingerprint density at radius 2 is 2.27 bits per heavy atom. The van der Waals surface area contributed by atoms with Crippen LogP contribution in [0.15, 0.2) is 0 Å². The molecule has 6 nitrogen and oxygen atoms in total. The van der Waals surface area contributed by atoms with Crippen molar-refractivity contribution in [3.05, 3.63) is 0 Å². The van der Waals surface area contributed by atoms with Gasteiger partial charge in [0, 0.05) is 13.7 Å². The Morgan fingerprint density at radius 1 is 1.55 bits per heavy atom. The van der Waals surface area contributed by atoms with Gasteiger partial charge in [0.2, 0.25) is 0 Å². The maximum absolute atomic E-state index is 9.97. The summed E-state index contributed by atoms with van der Waals surface area (Å²) in [6.07, 6.45) is 0.691. The van der Waals surface area contributed by atoms with Gasteiger partial charge < -0.3 is 10.5 Å². The molecule has 0 atom stereocenters. The molecule has 0 unspecified atom stereocenters. The summed E-state index contributed by atoms with van der Waals surface area (Å²) < 4.78 is 4.72. The van der Waals surface area contributed by atoms with Crippen molar-refractivity contribution < 1.29 is 19.4 Å². The number of rotatable bonds is 6. The lowest BCUT2D eigenvalue weighted by Crippen LogP contribution is -2.29. The van der Waals surface area contributed by atoms with E-state index in [2.05, 4.69) is 15.6 Å². The Kier molecular flexibility index (Phi) is 6.70. The molecule has 0 aromatic carbocycles. The Morgan fingerprint density at radius 3 is 2.82 bits per heavy atom. The van der Waals surface area contributed by atoms with Gasteiger partial charge in [0.1, 0.15) is 0 Å². The molecule has 66 valence electrons. The molecule has 0 bridgehead atoms. The van der Waals surface area contributed by atoms with Gasteiger partial charge in [-0.3, -0.25) is 0 Å². The molecule has 0 aromatic heterocycles. The van der Waals surface area contributed by atoms with Gasteiger partial charge in [0.25, 0.3) is 0 Å². The van der Waals surface area contributed by atoms with Crippen LogP contribution in [0, 0.1) is 0 Å². The van der Waals surface area contributed by atoms with Crippen LogP contribution in [-0.2, 0) is 14.6 Å². The van der Waals surface area contributed by atoms with E-state index in [4.69, 9.17) is 4.74 Å². The molecular weight excluding hydrogens is 152 g/mol. The lowest BCUT2D eigenvalue weighted by molar-refractivity contribution is -0.324. The van der Waals surface area contributed by atoms with Crippen molar-refractivity contribution >= 4 is 6.03 Å². The van der Waals surface area contributed by atoms with E-state index < -0.39 is 6.03 Å². The highest BCUT2D eigenvalue weighted by atomic mass is 17.3. The monoisotopic (exact) mass is 164 g/mol. The van der Waals surface area contributed by atoms with Crippen LogP contribution in [-0.4, -0.2) is 26.4 Å². The maximum atomic E-state index is 9.97. The Hall–Kier alpha value is -0.850. The summed E-state index contributed by atoms with van der Waals surface area (Å²) in [5, 5.41) is 0. The molecule has 3 N–H and O–H groups in total. The highest BCUT2D eigenvalue weighted by Crippen LogP contribution is 1.82. The normalized spacial score (nSPS) is 9.55. The molecule has 6 heteroatoms. The fourth-order valence-electron chi connectivity index (χ4n) is 0.374. The van der Waals surface area contributed by atoms with Crippen molar-refractivity contribution in [2.45, 2.75) is 6.42 Å². The molecule has 0 aliphatic carbocycles. The minimum Gasteiger partial charge on any atom is -0.385 e. The Labute approximate surface area is 64.5 Å². The van der Waals surface area contributed by atoms with Crippen molar-refractivity contribution in [3.63, 3.8) is 0 Å². The molecule has 0 rings (SSSR count). The minimum atomic E-state index is -0.795. The number of hydrogen-bond donors (Lipinski definition) is 2. The Balaban J connectivity index is 2.85. The second-order valence-electron chi connectivity index (χ2n) is 1.72. The van der Waals surface area contributed by atoms with Crippen molar-refractivity contribution in [2.24, 2.45) is 5.73 Å². The summed E-state index contributed by atoms with van der Waals surface area (Å²) in [4.78, 5) is 18.6. The number of carbonyl (C=O) groups excluding carboxylic acids is 1. The SMILES string of the molecule is COCCCOONC(N)=O. The molecule has 0 aliphatic rings. The van der Waals surface area contributed by atoms with Gasteiger partial charge in [-0.15, -0.1) is 4.99 Å². The second-order valence-corrected chi connectivity index (χ2v) is 1.72. The van der Waals surface area contributed by atoms with Crippen LogP contribution in [0.4, 0.5) is 4.79 Å². The van der Waals surface area contributed by atoms with Crippen LogP contribution >= 0.6 is 0 Å². The summed E-state index contributed by atoms with van der Waals surface area (Å²) in [6.45, 7) is 0.925. The maximum Gasteiger partial charge on any atom is 0.338 e.